The van der Waals surface area contributed by atoms with Gasteiger partial charge in [-0.25, -0.2) is 0 Å². The van der Waals surface area contributed by atoms with Gasteiger partial charge >= 0.3 is 0 Å². The van der Waals surface area contributed by atoms with Crippen LogP contribution in [0.4, 0.5) is 0 Å². The fourth-order valence-corrected chi connectivity index (χ4v) is 2.49. The van der Waals surface area contributed by atoms with Crippen LogP contribution < -0.4 is 0 Å². The lowest BCUT2D eigenvalue weighted by atomic mass is 10.2. The molecule has 90 valence electrons. The maximum absolute atomic E-state index is 11.1. The van der Waals surface area contributed by atoms with Crippen LogP contribution in [0.3, 0.4) is 0 Å². The maximum atomic E-state index is 11.1. The SMILES string of the molecule is CCCCCCS(=O)(=O)OO[SiH2]C(C)=O. The Morgan fingerprint density at radius 1 is 1.27 bits per heavy atom. The summed E-state index contributed by atoms with van der Waals surface area (Å²) >= 11 is 0. The van der Waals surface area contributed by atoms with Crippen molar-refractivity contribution >= 4 is 25.3 Å². The topological polar surface area (TPSA) is 69.7 Å². The van der Waals surface area contributed by atoms with Gasteiger partial charge in [0, 0.05) is 0 Å². The molecule has 5 nitrogen and oxygen atoms in total. The van der Waals surface area contributed by atoms with Crippen molar-refractivity contribution in [1.82, 2.24) is 0 Å². The molecule has 0 spiro atoms. The van der Waals surface area contributed by atoms with E-state index in [4.69, 9.17) is 0 Å². The third-order valence-corrected chi connectivity index (χ3v) is 3.57. The standard InChI is InChI=1S/C8H18O5SSi/c1-3-4-5-6-7-14(10,11)12-13-15-8(2)9/h3-7,15H2,1-2H3. The van der Waals surface area contributed by atoms with E-state index >= 15 is 0 Å². The second-order valence-corrected chi connectivity index (χ2v) is 6.53. The number of hydrogen-bond acceptors (Lipinski definition) is 5. The highest BCUT2D eigenvalue weighted by atomic mass is 32.2. The summed E-state index contributed by atoms with van der Waals surface area (Å²) < 4.78 is 30.9. The third-order valence-electron chi connectivity index (χ3n) is 1.66. The predicted octanol–water partition coefficient (Wildman–Crippen LogP) is 0.475. The first-order valence-electron chi connectivity index (χ1n) is 5.01. The van der Waals surface area contributed by atoms with E-state index in [0.29, 0.717) is 6.42 Å². The van der Waals surface area contributed by atoms with Crippen LogP contribution in [-0.2, 0) is 23.8 Å². The molecule has 0 unspecified atom stereocenters. The molecule has 0 saturated carbocycles. The third kappa shape index (κ3) is 10.0. The number of carbonyl (C=O) groups is 1. The molecule has 0 amide bonds. The quantitative estimate of drug-likeness (QED) is 0.259. The molecule has 0 saturated heterocycles. The van der Waals surface area contributed by atoms with E-state index in [0.717, 1.165) is 19.3 Å². The molecule has 0 aliphatic carbocycles. The summed E-state index contributed by atoms with van der Waals surface area (Å²) in [7, 11) is -5.10. The second-order valence-electron chi connectivity index (χ2n) is 3.35. The summed E-state index contributed by atoms with van der Waals surface area (Å²) in [6.45, 7) is 3.40. The Balaban J connectivity index is 3.63. The summed E-state index contributed by atoms with van der Waals surface area (Å²) in [4.78, 5) is 10.5. The molecule has 0 fully saturated rings. The minimum absolute atomic E-state index is 0.0424. The Kier molecular flexibility index (Phi) is 7.84. The van der Waals surface area contributed by atoms with E-state index in [1.165, 1.54) is 6.92 Å². The van der Waals surface area contributed by atoms with Gasteiger partial charge in [0.2, 0.25) is 0 Å². The monoisotopic (exact) mass is 254 g/mol. The van der Waals surface area contributed by atoms with Crippen molar-refractivity contribution in [3.05, 3.63) is 0 Å². The molecule has 0 bridgehead atoms. The van der Waals surface area contributed by atoms with Gasteiger partial charge in [-0.05, 0) is 13.3 Å². The molecular weight excluding hydrogens is 236 g/mol. The largest absolute Gasteiger partial charge is 0.303 e. The lowest BCUT2D eigenvalue weighted by Crippen LogP contribution is -2.16. The van der Waals surface area contributed by atoms with Crippen molar-refractivity contribution < 1.29 is 22.1 Å². The molecule has 0 heterocycles. The first-order chi connectivity index (χ1) is 6.98. The molecule has 0 N–H and O–H groups in total. The zero-order valence-corrected chi connectivity index (χ0v) is 11.4. The van der Waals surface area contributed by atoms with Gasteiger partial charge in [0.05, 0.1) is 5.75 Å². The summed E-state index contributed by atoms with van der Waals surface area (Å²) in [5.41, 5.74) is 0. The average molecular weight is 254 g/mol. The van der Waals surface area contributed by atoms with Crippen LogP contribution in [-0.4, -0.2) is 29.3 Å². The Bertz CT molecular complexity index is 275. The van der Waals surface area contributed by atoms with Crippen LogP contribution in [0.1, 0.15) is 39.5 Å². The lowest BCUT2D eigenvalue weighted by molar-refractivity contribution is -0.120. The van der Waals surface area contributed by atoms with Crippen molar-refractivity contribution in [2.45, 2.75) is 39.5 Å². The number of hydrogen-bond donors (Lipinski definition) is 0. The van der Waals surface area contributed by atoms with Crippen LogP contribution in [0.15, 0.2) is 0 Å². The molecular formula is C8H18O5SSi. The fraction of sp³-hybridized carbons (Fsp3) is 0.875. The van der Waals surface area contributed by atoms with Crippen molar-refractivity contribution in [2.24, 2.45) is 0 Å². The van der Waals surface area contributed by atoms with Crippen molar-refractivity contribution in [2.75, 3.05) is 5.75 Å². The smallest absolute Gasteiger partial charge is 0.292 e. The number of rotatable bonds is 9. The summed E-state index contributed by atoms with van der Waals surface area (Å²) in [6.07, 6.45) is 3.50. The van der Waals surface area contributed by atoms with Crippen molar-refractivity contribution in [1.29, 1.82) is 0 Å². The average Bonchev–Trinajstić information content (AvgIpc) is 2.11. The molecule has 0 aromatic heterocycles. The molecule has 0 aromatic rings. The van der Waals surface area contributed by atoms with Crippen LogP contribution in [0.2, 0.25) is 0 Å². The van der Waals surface area contributed by atoms with Gasteiger partial charge in [-0.1, -0.05) is 26.2 Å². The Morgan fingerprint density at radius 2 is 1.93 bits per heavy atom. The molecule has 0 aliphatic heterocycles. The van der Waals surface area contributed by atoms with E-state index in [1.807, 2.05) is 6.92 Å². The zero-order chi connectivity index (χ0) is 11.7. The minimum Gasteiger partial charge on any atom is -0.303 e. The molecule has 0 aromatic carbocycles. The van der Waals surface area contributed by atoms with Gasteiger partial charge in [0.25, 0.3) is 19.9 Å². The van der Waals surface area contributed by atoms with E-state index in [1.54, 1.807) is 0 Å². The Hall–Kier alpha value is -0.243. The molecule has 7 heteroatoms. The molecule has 0 radical (unpaired) electrons. The first-order valence-corrected chi connectivity index (χ1v) is 7.87. The van der Waals surface area contributed by atoms with Crippen LogP contribution in [0, 0.1) is 0 Å². The Labute approximate surface area is 93.1 Å². The predicted molar refractivity (Wildman–Crippen MR) is 59.3 cm³/mol. The second kappa shape index (κ2) is 7.97. The summed E-state index contributed by atoms with van der Waals surface area (Å²) in [5.74, 6) is -0.0424. The molecule has 0 rings (SSSR count). The van der Waals surface area contributed by atoms with E-state index in [9.17, 15) is 13.2 Å². The van der Waals surface area contributed by atoms with Crippen LogP contribution in [0.25, 0.3) is 0 Å². The molecule has 0 atom stereocenters. The van der Waals surface area contributed by atoms with Gasteiger partial charge in [-0.2, -0.15) is 8.42 Å². The summed E-state index contributed by atoms with van der Waals surface area (Å²) in [5, 5.41) is -0.142. The minimum atomic E-state index is -3.60. The first kappa shape index (κ1) is 14.8. The van der Waals surface area contributed by atoms with Gasteiger partial charge in [0.15, 0.2) is 0 Å². The molecule has 15 heavy (non-hydrogen) atoms. The Morgan fingerprint density at radius 3 is 2.47 bits per heavy atom. The van der Waals surface area contributed by atoms with Gasteiger partial charge in [-0.15, -0.1) is 4.33 Å². The van der Waals surface area contributed by atoms with E-state index < -0.39 is 19.9 Å². The summed E-state index contributed by atoms with van der Waals surface area (Å²) in [6, 6.07) is 0. The lowest BCUT2D eigenvalue weighted by Gasteiger charge is -2.03. The number of carbonyl (C=O) groups excluding carboxylic acids is 1. The molecule has 0 aliphatic rings. The van der Waals surface area contributed by atoms with Crippen LogP contribution >= 0.6 is 0 Å². The highest BCUT2D eigenvalue weighted by molar-refractivity contribution is 7.86. The highest BCUT2D eigenvalue weighted by Gasteiger charge is 2.12. The normalized spacial score (nSPS) is 12.4. The van der Waals surface area contributed by atoms with Gasteiger partial charge in [-0.3, -0.25) is 4.58 Å². The van der Waals surface area contributed by atoms with E-state index in [2.05, 4.69) is 8.91 Å². The zero-order valence-electron chi connectivity index (χ0n) is 9.19. The maximum Gasteiger partial charge on any atom is 0.292 e. The van der Waals surface area contributed by atoms with Crippen molar-refractivity contribution in [3.63, 3.8) is 0 Å². The highest BCUT2D eigenvalue weighted by Crippen LogP contribution is 2.03. The van der Waals surface area contributed by atoms with Gasteiger partial charge in [0.1, 0.15) is 5.41 Å². The van der Waals surface area contributed by atoms with Crippen molar-refractivity contribution in [3.8, 4) is 0 Å². The van der Waals surface area contributed by atoms with Gasteiger partial charge < -0.3 is 4.79 Å². The van der Waals surface area contributed by atoms with E-state index in [-0.39, 0.29) is 11.2 Å². The van der Waals surface area contributed by atoms with Crippen LogP contribution in [0.5, 0.6) is 0 Å². The fourth-order valence-electron chi connectivity index (χ4n) is 0.920. The number of unbranched alkanes of at least 4 members (excludes halogenated alkanes) is 3.